The van der Waals surface area contributed by atoms with Crippen LogP contribution < -0.4 is 81.4 Å². The molecule has 31 heteroatoms. The van der Waals surface area contributed by atoms with Crippen LogP contribution in [0, 0.1) is 17.8 Å². The van der Waals surface area contributed by atoms with Crippen molar-refractivity contribution < 1.29 is 67.7 Å². The molecule has 1 aliphatic rings. The monoisotopic (exact) mass is 1490 g/mol. The van der Waals surface area contributed by atoms with Crippen molar-refractivity contribution in [3.63, 3.8) is 0 Å². The number of phenols is 1. The molecule has 107 heavy (non-hydrogen) atoms. The number of amides is 12. The summed E-state index contributed by atoms with van der Waals surface area (Å²) in [4.78, 5) is 179. The zero-order chi connectivity index (χ0) is 79.3. The van der Waals surface area contributed by atoms with Gasteiger partial charge in [-0.15, -0.1) is 0 Å². The number of primary amides is 1. The number of nitrogens with zero attached hydrogens (tertiary/aromatic N) is 1. The molecule has 1 aromatic heterocycles. The fraction of sp³-hybridized carbons (Fsp3) is 0.539. The lowest BCUT2D eigenvalue weighted by atomic mass is 9.91. The van der Waals surface area contributed by atoms with E-state index in [2.05, 4.69) is 68.5 Å². The van der Waals surface area contributed by atoms with E-state index in [0.717, 1.165) is 10.9 Å². The second-order valence-electron chi connectivity index (χ2n) is 29.1. The number of aromatic hydroxyl groups is 1. The third kappa shape index (κ3) is 28.1. The quantitative estimate of drug-likeness (QED) is 0.0140. The normalized spacial score (nSPS) is 21.0. The predicted molar refractivity (Wildman–Crippen MR) is 405 cm³/mol. The number of fused-ring (bicyclic) bond motifs is 1. The molecule has 5 rings (SSSR count). The molecule has 0 saturated carbocycles. The van der Waals surface area contributed by atoms with Crippen LogP contribution in [0.2, 0.25) is 0 Å². The second kappa shape index (κ2) is 42.1. The van der Waals surface area contributed by atoms with Crippen molar-refractivity contribution in [3.8, 4) is 5.75 Å². The zero-order valence-electron chi connectivity index (χ0n) is 63.1. The van der Waals surface area contributed by atoms with E-state index in [0.29, 0.717) is 36.0 Å². The van der Waals surface area contributed by atoms with E-state index in [1.54, 1.807) is 50.4 Å². The first-order valence-electron chi connectivity index (χ1n) is 36.7. The molecule has 2 heterocycles. The van der Waals surface area contributed by atoms with Crippen LogP contribution in [0.1, 0.15) is 157 Å². The summed E-state index contributed by atoms with van der Waals surface area (Å²) in [5, 5.41) is 51.1. The van der Waals surface area contributed by atoms with Crippen LogP contribution in [0.15, 0.2) is 102 Å². The number of carbonyl (C=O) groups is 12. The van der Waals surface area contributed by atoms with E-state index in [4.69, 9.17) is 22.9 Å². The fourth-order valence-electron chi connectivity index (χ4n) is 12.2. The molecule has 3 aromatic carbocycles. The maximum Gasteiger partial charge on any atom is 0.246 e. The summed E-state index contributed by atoms with van der Waals surface area (Å²) in [6.07, 6.45) is 5.62. The Balaban J connectivity index is 1.47. The summed E-state index contributed by atoms with van der Waals surface area (Å²) >= 11 is 0. The van der Waals surface area contributed by atoms with Gasteiger partial charge in [0.05, 0.1) is 12.6 Å². The molecule has 0 saturated heterocycles. The van der Waals surface area contributed by atoms with E-state index in [-0.39, 0.29) is 101 Å². The second-order valence-corrected chi connectivity index (χ2v) is 29.1. The Morgan fingerprint density at radius 3 is 1.80 bits per heavy atom. The number of aliphatic hydroxyl groups is 1. The number of benzene rings is 3. The number of aromatic amines is 1. The topological polar surface area (TPSA) is 510 Å². The number of allylic oxidation sites excluding steroid dienone is 2. The molecule has 0 spiro atoms. The molecule has 1 aliphatic heterocycles. The lowest BCUT2D eigenvalue weighted by molar-refractivity contribution is -0.139. The van der Waals surface area contributed by atoms with Gasteiger partial charge >= 0.3 is 0 Å². The summed E-state index contributed by atoms with van der Waals surface area (Å²) in [6.45, 7) is 15.9. The highest BCUT2D eigenvalue weighted by Crippen LogP contribution is 2.24. The Morgan fingerprint density at radius 1 is 0.626 bits per heavy atom. The number of H-pyrrole nitrogens is 1. The number of aliphatic hydroxyl groups excluding tert-OH is 1. The predicted octanol–water partition coefficient (Wildman–Crippen LogP) is 0.961. The first-order chi connectivity index (χ1) is 50.5. The average molecular weight is 1490 g/mol. The number of para-hydroxylation sites is 1. The lowest BCUT2D eigenvalue weighted by Gasteiger charge is -2.34. The molecule has 586 valence electrons. The third-order valence-corrected chi connectivity index (χ3v) is 18.8. The summed E-state index contributed by atoms with van der Waals surface area (Å²) < 4.78 is 0. The Morgan fingerprint density at radius 2 is 1.20 bits per heavy atom. The Bertz CT molecular complexity index is 3750. The number of nitrogens with one attached hydrogen (secondary N) is 12. The number of guanidine groups is 1. The van der Waals surface area contributed by atoms with Crippen molar-refractivity contribution in [3.05, 3.63) is 114 Å². The smallest absolute Gasteiger partial charge is 0.246 e. The van der Waals surface area contributed by atoms with Gasteiger partial charge in [0.25, 0.3) is 0 Å². The highest BCUT2D eigenvalue weighted by molar-refractivity contribution is 6.01. The molecular formula is C76H113N17O14. The van der Waals surface area contributed by atoms with Gasteiger partial charge in [0.1, 0.15) is 71.2 Å². The average Bonchev–Trinajstić information content (AvgIpc) is 0.902. The molecular weight excluding hydrogens is 1370 g/mol. The molecule has 0 aliphatic carbocycles. The van der Waals surface area contributed by atoms with E-state index in [9.17, 15) is 58.2 Å². The van der Waals surface area contributed by atoms with Crippen molar-refractivity contribution in [2.24, 2.45) is 45.7 Å². The number of phenolic OH excluding ortho intramolecular Hbond substituents is 1. The van der Waals surface area contributed by atoms with Crippen molar-refractivity contribution in [2.75, 3.05) is 13.1 Å². The molecule has 13 atom stereocenters. The molecule has 0 bridgehead atoms. The molecule has 0 fully saturated rings. The van der Waals surface area contributed by atoms with Gasteiger partial charge in [-0.2, -0.15) is 0 Å². The van der Waals surface area contributed by atoms with Crippen molar-refractivity contribution >= 4 is 87.7 Å². The maximum atomic E-state index is 15.2. The molecule has 0 unspecified atom stereocenters. The minimum absolute atomic E-state index is 0.0142. The van der Waals surface area contributed by atoms with Gasteiger partial charge in [-0.05, 0) is 145 Å². The first-order valence-corrected chi connectivity index (χ1v) is 36.7. The molecule has 22 N–H and O–H groups in total. The minimum atomic E-state index is -1.83. The lowest BCUT2D eigenvalue weighted by Crippen LogP contribution is -2.65. The first kappa shape index (κ1) is 87.2. The van der Waals surface area contributed by atoms with Gasteiger partial charge in [0, 0.05) is 42.9 Å². The third-order valence-electron chi connectivity index (χ3n) is 18.8. The van der Waals surface area contributed by atoms with Gasteiger partial charge in [-0.1, -0.05) is 121 Å². The van der Waals surface area contributed by atoms with E-state index in [1.807, 2.05) is 64.1 Å². The van der Waals surface area contributed by atoms with Crippen LogP contribution in [0.25, 0.3) is 10.9 Å². The summed E-state index contributed by atoms with van der Waals surface area (Å²) in [7, 11) is 0. The Labute approximate surface area is 625 Å². The van der Waals surface area contributed by atoms with Gasteiger partial charge in [0.2, 0.25) is 70.9 Å². The summed E-state index contributed by atoms with van der Waals surface area (Å²) in [6, 6.07) is 10.0. The molecule has 12 amide bonds. The van der Waals surface area contributed by atoms with Crippen LogP contribution in [0.4, 0.5) is 0 Å². The van der Waals surface area contributed by atoms with Crippen molar-refractivity contribution in [2.45, 2.75) is 231 Å². The van der Waals surface area contributed by atoms with Crippen LogP contribution in [0.5, 0.6) is 5.75 Å². The Kier molecular flexibility index (Phi) is 34.3. The van der Waals surface area contributed by atoms with E-state index < -0.39 is 155 Å². The standard InChI is InChI=1S/C76H113N17O14/c1-11-45(6)62-71(105)89-57(37-44(4)5)68(102)92-75(9,72(106)83-42-60(96)85-54(28-23-35-81-74(79)80)65(99)86-55(63(78)97)40-50-41-82-53-27-20-19-26-52(50)53)33-21-14-12-13-15-22-34-76(10,73(107)90-56(36-43(2)3)67(101)91-62)93-69(103)59(38-48-24-17-16-18-25-48)88-66(100)58(39-49-29-31-51(95)32-30-49)87-64(98)46(7)84-70(104)61(77)47(8)94/h12-13,16-20,24-27,29-32,41,43-47,54-59,61-62,82,94-95H,11,14-15,21-23,28,33-40,42,77H2,1-10H3,(H2,78,97)(H,83,106)(H,84,104)(H,85,96)(H,86,99)(H,87,98)(H,88,100)(H,89,105)(H,90,107)(H,91,101)(H,92,102)(H,93,103)(H4,79,80,81)/b13-12+/t45-,46-,47+,54-,55-,56-,57-,58-,59-,61-,62-,75-,76-/m0/s1. The number of hydrogen-bond acceptors (Lipinski definition) is 16. The molecule has 31 nitrogen and oxygen atoms in total. The van der Waals surface area contributed by atoms with Gasteiger partial charge in [-0.25, -0.2) is 0 Å². The summed E-state index contributed by atoms with van der Waals surface area (Å²) in [5.74, 6) is -10.8. The number of nitrogens with two attached hydrogens (primary N) is 4. The molecule has 4 aromatic rings. The van der Waals surface area contributed by atoms with Gasteiger partial charge in [-0.3, -0.25) is 62.5 Å². The van der Waals surface area contributed by atoms with Crippen LogP contribution in [-0.4, -0.2) is 177 Å². The number of rotatable bonds is 32. The number of aromatic nitrogens is 1. The Hall–Kier alpha value is -10.4. The zero-order valence-corrected chi connectivity index (χ0v) is 63.1. The van der Waals surface area contributed by atoms with Crippen molar-refractivity contribution in [1.82, 2.24) is 63.5 Å². The number of aliphatic imine (C=N–C) groups is 1. The summed E-state index contributed by atoms with van der Waals surface area (Å²) in [5.41, 5.74) is 21.7. The highest BCUT2D eigenvalue weighted by Gasteiger charge is 2.42. The number of hydrogen-bond donors (Lipinski definition) is 18. The minimum Gasteiger partial charge on any atom is -0.508 e. The SMILES string of the molecule is CC[C@H](C)[C@@H]1NC(=O)[C@H](CC(C)C)NC(=O)[C@@](C)(NC(=O)[C@H](Cc2ccccc2)NC(=O)[C@H](Cc2ccc(O)cc2)NC(=O)[C@H](C)NC(=O)[C@@H](N)[C@@H](C)O)CCC/C=C/CCC[C@@](C)(C(=O)NCC(=O)N[C@@H](CCCN=C(N)N)C(=O)N[C@@H](Cc2c[nH]c3ccccc23)C(N)=O)NC(=O)[C@H](CC(C)C)NC1=O. The van der Waals surface area contributed by atoms with E-state index in [1.165, 1.54) is 52.0 Å². The van der Waals surface area contributed by atoms with Crippen LogP contribution >= 0.6 is 0 Å². The van der Waals surface area contributed by atoms with Gasteiger partial charge < -0.3 is 96.6 Å². The highest BCUT2D eigenvalue weighted by atomic mass is 16.3. The maximum absolute atomic E-state index is 15.2. The van der Waals surface area contributed by atoms with Gasteiger partial charge in [0.15, 0.2) is 5.96 Å². The fourth-order valence-corrected chi connectivity index (χ4v) is 12.2. The van der Waals surface area contributed by atoms with Crippen LogP contribution in [0.3, 0.4) is 0 Å². The largest absolute Gasteiger partial charge is 0.508 e. The van der Waals surface area contributed by atoms with Crippen LogP contribution in [-0.2, 0) is 76.8 Å². The van der Waals surface area contributed by atoms with E-state index >= 15 is 9.59 Å². The number of carbonyl (C=O) groups excluding carboxylic acids is 12. The molecule has 0 radical (unpaired) electrons. The van der Waals surface area contributed by atoms with Crippen molar-refractivity contribution in [1.29, 1.82) is 0 Å².